The van der Waals surface area contributed by atoms with Gasteiger partial charge in [0, 0.05) is 0 Å². The van der Waals surface area contributed by atoms with E-state index < -0.39 is 7.87 Å². The van der Waals surface area contributed by atoms with Crippen LogP contribution in [0.1, 0.15) is 0 Å². The van der Waals surface area contributed by atoms with Crippen molar-refractivity contribution >= 4 is 7.87 Å². The maximum Gasteiger partial charge on any atom is 0.656 e. The van der Waals surface area contributed by atoms with E-state index in [1.54, 1.807) is 19.8 Å². The molecule has 0 aromatic carbocycles. The van der Waals surface area contributed by atoms with E-state index >= 15 is 0 Å². The minimum atomic E-state index is -4.14. The van der Waals surface area contributed by atoms with E-state index in [0.29, 0.717) is 0 Å². The fraction of sp³-hybridized carbons (Fsp3) is 0. The summed E-state index contributed by atoms with van der Waals surface area (Å²) in [7, 11) is -4.14. The molecule has 0 fully saturated rings. The van der Waals surface area contributed by atoms with Gasteiger partial charge in [0.25, 0.3) is 0 Å². The molecule has 8 nitrogen and oxygen atoms in total. The lowest BCUT2D eigenvalue weighted by Gasteiger charge is -1.76. The molecule has 0 aliphatic rings. The summed E-state index contributed by atoms with van der Waals surface area (Å²) in [6.07, 6.45) is 0. The lowest BCUT2D eigenvalue weighted by Crippen LogP contribution is -1.68. The van der Waals surface area contributed by atoms with Gasteiger partial charge in [0.1, 0.15) is 0 Å². The van der Waals surface area contributed by atoms with Gasteiger partial charge in [0.05, 0.1) is 0 Å². The van der Waals surface area contributed by atoms with E-state index in [2.05, 4.69) is 0 Å². The molecule has 48 valence electrons. The highest BCUT2D eigenvalue weighted by atomic mass is 31.2. The quantitative estimate of drug-likeness (QED) is 0.448. The number of hydrogen-bond donors (Lipinski definition) is 0. The van der Waals surface area contributed by atoms with Crippen molar-refractivity contribution in [2.75, 3.05) is 0 Å². The third kappa shape index (κ3) is 1.36. The minimum Gasteiger partial charge on any atom is -0.101 e. The maximum absolute atomic E-state index is 9.44. The Hall–Kier alpha value is -1.17. The molecule has 0 unspecified atom stereocenters. The molecule has 0 aliphatic carbocycles. The normalized spacial score (nSPS) is 9.78. The predicted molar refractivity (Wildman–Crippen MR) is 30.1 cm³/mol. The molecule has 0 saturated carbocycles. The maximum atomic E-state index is 9.44. The highest BCUT2D eigenvalue weighted by Gasteiger charge is 2.52. The summed E-state index contributed by atoms with van der Waals surface area (Å²) in [6, 6.07) is 0. The van der Waals surface area contributed by atoms with Crippen LogP contribution in [0.5, 0.6) is 0 Å². The van der Waals surface area contributed by atoms with Gasteiger partial charge in [-0.1, -0.05) is 0 Å². The van der Waals surface area contributed by atoms with Crippen LogP contribution in [0.2, 0.25) is 0 Å². The second kappa shape index (κ2) is 2.98. The van der Waals surface area contributed by atoms with Crippen molar-refractivity contribution in [2.24, 2.45) is 19.8 Å². The van der Waals surface area contributed by atoms with Gasteiger partial charge in [-0.05, 0) is 0 Å². The Bertz CT molecular complexity index is 115. The summed E-state index contributed by atoms with van der Waals surface area (Å²) in [5.74, 6) is 0. The van der Waals surface area contributed by atoms with E-state index in [4.69, 9.17) is 0 Å². The van der Waals surface area contributed by atoms with Crippen LogP contribution in [0.3, 0.4) is 0 Å². The smallest absolute Gasteiger partial charge is 0.101 e. The molecular formula is N4O4P+. The average molecular weight is 151 g/mol. The Morgan fingerprint density at radius 1 is 0.667 bits per heavy atom. The highest BCUT2D eigenvalue weighted by Crippen LogP contribution is 2.64. The Morgan fingerprint density at radius 2 is 0.889 bits per heavy atom. The molecule has 0 atom stereocenters. The molecule has 0 aromatic heterocycles. The fourth-order valence-electron chi connectivity index (χ4n) is 0.0894. The van der Waals surface area contributed by atoms with Crippen molar-refractivity contribution in [2.45, 2.75) is 0 Å². The lowest BCUT2D eigenvalue weighted by atomic mass is 13.6. The zero-order valence-electron chi connectivity index (χ0n) is 3.87. The molecule has 0 heterocycles. The van der Waals surface area contributed by atoms with Crippen LogP contribution in [-0.2, 0) is 0 Å². The van der Waals surface area contributed by atoms with E-state index in [0.717, 1.165) is 0 Å². The standard InChI is InChI=1S/N4O4P/c5-1-9(2-6,3-7)4-8/q+1. The summed E-state index contributed by atoms with van der Waals surface area (Å²) < 4.78 is 0. The molecule has 0 aliphatic heterocycles. The van der Waals surface area contributed by atoms with Gasteiger partial charge in [0.15, 0.2) is 19.8 Å². The monoisotopic (exact) mass is 151 g/mol. The molecule has 0 rings (SSSR count). The molecule has 0 spiro atoms. The summed E-state index contributed by atoms with van der Waals surface area (Å²) in [5, 5.41) is 0. The lowest BCUT2D eigenvalue weighted by molar-refractivity contribution is 1.44. The Balaban J connectivity index is 4.53. The third-order valence-corrected chi connectivity index (χ3v) is 1.31. The summed E-state index contributed by atoms with van der Waals surface area (Å²) in [6.45, 7) is 0. The number of nitroso groups, excluding NO2 is 4. The third-order valence-electron chi connectivity index (χ3n) is 0.438. The van der Waals surface area contributed by atoms with E-state index in [1.165, 1.54) is 0 Å². The Labute approximate surface area is 48.5 Å². The van der Waals surface area contributed by atoms with Crippen LogP contribution in [-0.4, -0.2) is 0 Å². The van der Waals surface area contributed by atoms with Crippen molar-refractivity contribution in [3.05, 3.63) is 19.6 Å². The molecular weight excluding hydrogens is 151 g/mol. The van der Waals surface area contributed by atoms with E-state index in [9.17, 15) is 19.6 Å². The van der Waals surface area contributed by atoms with Gasteiger partial charge in [-0.3, -0.25) is 0 Å². The number of nitrogens with zero attached hydrogens (tertiary/aromatic N) is 4. The van der Waals surface area contributed by atoms with E-state index in [-0.39, 0.29) is 0 Å². The number of hydrogen-bond acceptors (Lipinski definition) is 8. The molecule has 9 heavy (non-hydrogen) atoms. The van der Waals surface area contributed by atoms with Crippen LogP contribution in [0.25, 0.3) is 0 Å². The van der Waals surface area contributed by atoms with Gasteiger partial charge in [-0.15, -0.1) is 19.6 Å². The van der Waals surface area contributed by atoms with Crippen LogP contribution in [0, 0.1) is 19.6 Å². The second-order valence-electron chi connectivity index (χ2n) is 0.863. The molecule has 0 aromatic rings. The average Bonchev–Trinajstić information content (AvgIpc) is 1.95. The SMILES string of the molecule is O=N[P+](N=O)(N=O)N=O. The Morgan fingerprint density at radius 3 is 0.889 bits per heavy atom. The molecule has 0 bridgehead atoms. The summed E-state index contributed by atoms with van der Waals surface area (Å²) in [5.41, 5.74) is 0. The van der Waals surface area contributed by atoms with Gasteiger partial charge < -0.3 is 0 Å². The number of rotatable bonds is 4. The highest BCUT2D eigenvalue weighted by molar-refractivity contribution is 7.70. The first-order valence-electron chi connectivity index (χ1n) is 1.53. The predicted octanol–water partition coefficient (Wildman–Crippen LogP) is 1.73. The largest absolute Gasteiger partial charge is 0.656 e. The summed E-state index contributed by atoms with van der Waals surface area (Å²) >= 11 is 0. The zero-order chi connectivity index (χ0) is 7.33. The molecule has 0 amide bonds. The first-order chi connectivity index (χ1) is 4.24. The summed E-state index contributed by atoms with van der Waals surface area (Å²) in [4.78, 5) is 44.9. The topological polar surface area (TPSA) is 118 Å². The zero-order valence-corrected chi connectivity index (χ0v) is 4.76. The van der Waals surface area contributed by atoms with Crippen molar-refractivity contribution < 1.29 is 0 Å². The van der Waals surface area contributed by atoms with Gasteiger partial charge >= 0.3 is 7.87 Å². The van der Waals surface area contributed by atoms with E-state index in [1.807, 2.05) is 0 Å². The molecule has 0 radical (unpaired) electrons. The molecule has 9 heteroatoms. The van der Waals surface area contributed by atoms with Gasteiger partial charge in [0.2, 0.25) is 0 Å². The van der Waals surface area contributed by atoms with Crippen LogP contribution >= 0.6 is 7.87 Å². The first kappa shape index (κ1) is 7.83. The van der Waals surface area contributed by atoms with Crippen LogP contribution in [0.4, 0.5) is 0 Å². The molecule has 0 N–H and O–H groups in total. The van der Waals surface area contributed by atoms with Crippen LogP contribution < -0.4 is 0 Å². The van der Waals surface area contributed by atoms with Gasteiger partial charge in [-0.2, -0.15) is 0 Å². The van der Waals surface area contributed by atoms with Crippen molar-refractivity contribution in [1.29, 1.82) is 0 Å². The van der Waals surface area contributed by atoms with Crippen LogP contribution in [0.15, 0.2) is 19.8 Å². The van der Waals surface area contributed by atoms with Crippen molar-refractivity contribution in [3.8, 4) is 0 Å². The fourth-order valence-corrected chi connectivity index (χ4v) is 0.268. The second-order valence-corrected chi connectivity index (χ2v) is 2.59. The first-order valence-corrected chi connectivity index (χ1v) is 3.13. The molecule has 0 saturated heterocycles. The minimum absolute atomic E-state index is 1.80. The van der Waals surface area contributed by atoms with Crippen molar-refractivity contribution in [1.82, 2.24) is 0 Å². The Kier molecular flexibility index (Phi) is 2.59. The van der Waals surface area contributed by atoms with Crippen molar-refractivity contribution in [3.63, 3.8) is 0 Å². The van der Waals surface area contributed by atoms with Gasteiger partial charge in [-0.25, -0.2) is 0 Å².